The maximum Gasteiger partial charge on any atom is 0.305 e. The normalized spacial score (nSPS) is 11.7. The highest BCUT2D eigenvalue weighted by Gasteiger charge is 2.18. The smallest absolute Gasteiger partial charge is 0.305 e. The van der Waals surface area contributed by atoms with Gasteiger partial charge in [-0.1, -0.05) is 11.6 Å². The summed E-state index contributed by atoms with van der Waals surface area (Å²) in [5, 5.41) is 11.0. The summed E-state index contributed by atoms with van der Waals surface area (Å²) in [5.74, 6) is -2.59. The van der Waals surface area contributed by atoms with Gasteiger partial charge in [0.05, 0.1) is 23.2 Å². The van der Waals surface area contributed by atoms with Crippen LogP contribution in [-0.4, -0.2) is 28.9 Å². The number of carbonyl (C=O) groups excluding carboxylic acids is 2. The minimum atomic E-state index is -1.22. The Morgan fingerprint density at radius 3 is 2.53 bits per heavy atom. The zero-order valence-corrected chi connectivity index (χ0v) is 10.5. The number of carbonyl (C=O) groups is 3. The Morgan fingerprint density at radius 2 is 2.00 bits per heavy atom. The molecular formula is C11H12ClN3O4. The van der Waals surface area contributed by atoms with E-state index in [1.165, 1.54) is 18.2 Å². The molecule has 0 aromatic heterocycles. The van der Waals surface area contributed by atoms with Crippen molar-refractivity contribution in [3.8, 4) is 0 Å². The van der Waals surface area contributed by atoms with E-state index >= 15 is 0 Å². The van der Waals surface area contributed by atoms with Crippen molar-refractivity contribution in [2.45, 2.75) is 12.5 Å². The maximum absolute atomic E-state index is 11.6. The van der Waals surface area contributed by atoms with Crippen molar-refractivity contribution < 1.29 is 19.5 Å². The third-order valence-electron chi connectivity index (χ3n) is 2.24. The number of anilines is 1. The quantitative estimate of drug-likeness (QED) is 0.612. The third-order valence-corrected chi connectivity index (χ3v) is 2.57. The molecule has 2 amide bonds. The standard InChI is InChI=1S/C11H12ClN3O4/c12-6-2-1-5(10(14)18)3-8(6)15-11(19)7(13)4-9(16)17/h1-3,7H,4,13H2,(H2,14,18)(H,15,19)(H,16,17). The molecule has 0 saturated carbocycles. The lowest BCUT2D eigenvalue weighted by Gasteiger charge is -2.12. The number of carboxylic acids is 1. The van der Waals surface area contributed by atoms with Crippen molar-refractivity contribution in [3.05, 3.63) is 28.8 Å². The van der Waals surface area contributed by atoms with Gasteiger partial charge in [-0.2, -0.15) is 0 Å². The second-order valence-corrected chi connectivity index (χ2v) is 4.16. The summed E-state index contributed by atoms with van der Waals surface area (Å²) in [6.45, 7) is 0. The molecule has 1 aromatic carbocycles. The van der Waals surface area contributed by atoms with Crippen LogP contribution >= 0.6 is 11.6 Å². The molecule has 0 fully saturated rings. The highest BCUT2D eigenvalue weighted by atomic mass is 35.5. The Kier molecular flexibility index (Phi) is 4.85. The summed E-state index contributed by atoms with van der Waals surface area (Å²) in [6, 6.07) is 2.86. The third kappa shape index (κ3) is 4.23. The van der Waals surface area contributed by atoms with Crippen LogP contribution in [0.3, 0.4) is 0 Å². The van der Waals surface area contributed by atoms with Crippen LogP contribution in [0.25, 0.3) is 0 Å². The Morgan fingerprint density at radius 1 is 1.37 bits per heavy atom. The number of carboxylic acid groups (broad SMARTS) is 1. The van der Waals surface area contributed by atoms with E-state index < -0.39 is 30.2 Å². The van der Waals surface area contributed by atoms with E-state index in [1.807, 2.05) is 0 Å². The zero-order valence-electron chi connectivity index (χ0n) is 9.72. The van der Waals surface area contributed by atoms with Crippen molar-refractivity contribution in [1.29, 1.82) is 0 Å². The van der Waals surface area contributed by atoms with Crippen molar-refractivity contribution in [2.24, 2.45) is 11.5 Å². The molecule has 102 valence electrons. The average Bonchev–Trinajstić information content (AvgIpc) is 2.30. The van der Waals surface area contributed by atoms with Gasteiger partial charge in [-0.25, -0.2) is 0 Å². The van der Waals surface area contributed by atoms with E-state index in [4.69, 9.17) is 28.2 Å². The fraction of sp³-hybridized carbons (Fsp3) is 0.182. The fourth-order valence-electron chi connectivity index (χ4n) is 1.28. The van der Waals surface area contributed by atoms with Crippen LogP contribution in [-0.2, 0) is 9.59 Å². The van der Waals surface area contributed by atoms with Gasteiger partial charge in [-0.3, -0.25) is 14.4 Å². The minimum Gasteiger partial charge on any atom is -0.481 e. The van der Waals surface area contributed by atoms with Crippen LogP contribution in [0.5, 0.6) is 0 Å². The number of primary amides is 1. The van der Waals surface area contributed by atoms with Crippen LogP contribution in [0.2, 0.25) is 5.02 Å². The van der Waals surface area contributed by atoms with E-state index in [2.05, 4.69) is 5.32 Å². The van der Waals surface area contributed by atoms with Crippen molar-refractivity contribution in [2.75, 3.05) is 5.32 Å². The molecule has 1 rings (SSSR count). The van der Waals surface area contributed by atoms with Crippen LogP contribution in [0.15, 0.2) is 18.2 Å². The molecule has 0 radical (unpaired) electrons. The number of aliphatic carboxylic acids is 1. The van der Waals surface area contributed by atoms with Gasteiger partial charge in [0.25, 0.3) is 0 Å². The van der Waals surface area contributed by atoms with E-state index in [0.29, 0.717) is 0 Å². The van der Waals surface area contributed by atoms with Crippen molar-refractivity contribution in [1.82, 2.24) is 0 Å². The molecule has 0 heterocycles. The number of benzene rings is 1. The van der Waals surface area contributed by atoms with E-state index in [9.17, 15) is 14.4 Å². The van der Waals surface area contributed by atoms with Crippen molar-refractivity contribution in [3.63, 3.8) is 0 Å². The van der Waals surface area contributed by atoms with Gasteiger partial charge in [0.2, 0.25) is 11.8 Å². The molecule has 0 saturated heterocycles. The monoisotopic (exact) mass is 285 g/mol. The minimum absolute atomic E-state index is 0.142. The molecule has 6 N–H and O–H groups in total. The second kappa shape index (κ2) is 6.17. The fourth-order valence-corrected chi connectivity index (χ4v) is 1.45. The van der Waals surface area contributed by atoms with Gasteiger partial charge in [-0.05, 0) is 18.2 Å². The summed E-state index contributed by atoms with van der Waals surface area (Å²) < 4.78 is 0. The molecule has 8 heteroatoms. The topological polar surface area (TPSA) is 136 Å². The molecular weight excluding hydrogens is 274 g/mol. The molecule has 0 aliphatic heterocycles. The average molecular weight is 286 g/mol. The summed E-state index contributed by atoms with van der Waals surface area (Å²) in [5.41, 5.74) is 10.8. The lowest BCUT2D eigenvalue weighted by Crippen LogP contribution is -2.37. The maximum atomic E-state index is 11.6. The van der Waals surface area contributed by atoms with Crippen LogP contribution < -0.4 is 16.8 Å². The Labute approximate surface area is 113 Å². The number of hydrogen-bond acceptors (Lipinski definition) is 4. The first-order chi connectivity index (χ1) is 8.81. The Bertz CT molecular complexity index is 533. The SMILES string of the molecule is NC(=O)c1ccc(Cl)c(NC(=O)C(N)CC(=O)O)c1. The number of rotatable bonds is 5. The summed E-state index contributed by atoms with van der Waals surface area (Å²) in [7, 11) is 0. The first-order valence-corrected chi connectivity index (χ1v) is 5.56. The van der Waals surface area contributed by atoms with Crippen LogP contribution in [0, 0.1) is 0 Å². The molecule has 0 aliphatic carbocycles. The molecule has 0 bridgehead atoms. The molecule has 0 aliphatic rings. The summed E-state index contributed by atoms with van der Waals surface area (Å²) in [6.07, 6.45) is -0.515. The van der Waals surface area contributed by atoms with Gasteiger partial charge >= 0.3 is 5.97 Å². The van der Waals surface area contributed by atoms with Gasteiger partial charge < -0.3 is 21.9 Å². The number of hydrogen-bond donors (Lipinski definition) is 4. The van der Waals surface area contributed by atoms with E-state index in [0.717, 1.165) is 0 Å². The molecule has 19 heavy (non-hydrogen) atoms. The van der Waals surface area contributed by atoms with Crippen LogP contribution in [0.1, 0.15) is 16.8 Å². The largest absolute Gasteiger partial charge is 0.481 e. The molecule has 7 nitrogen and oxygen atoms in total. The lowest BCUT2D eigenvalue weighted by molar-refractivity contribution is -0.138. The lowest BCUT2D eigenvalue weighted by atomic mass is 10.1. The summed E-state index contributed by atoms with van der Waals surface area (Å²) in [4.78, 5) is 33.0. The first-order valence-electron chi connectivity index (χ1n) is 5.19. The predicted octanol–water partition coefficient (Wildman–Crippen LogP) is 0.179. The predicted molar refractivity (Wildman–Crippen MR) is 68.8 cm³/mol. The second-order valence-electron chi connectivity index (χ2n) is 3.75. The number of halogens is 1. The first kappa shape index (κ1) is 14.9. The van der Waals surface area contributed by atoms with Crippen LogP contribution in [0.4, 0.5) is 5.69 Å². The summed E-state index contributed by atoms with van der Waals surface area (Å²) >= 11 is 5.83. The number of amides is 2. The van der Waals surface area contributed by atoms with Crippen molar-refractivity contribution >= 4 is 35.1 Å². The van der Waals surface area contributed by atoms with E-state index in [1.54, 1.807) is 0 Å². The Balaban J connectivity index is 2.86. The zero-order chi connectivity index (χ0) is 14.6. The number of nitrogens with one attached hydrogen (secondary N) is 1. The molecule has 0 spiro atoms. The van der Waals surface area contributed by atoms with E-state index in [-0.39, 0.29) is 16.3 Å². The van der Waals surface area contributed by atoms with Gasteiger partial charge in [-0.15, -0.1) is 0 Å². The number of nitrogens with two attached hydrogens (primary N) is 2. The molecule has 1 atom stereocenters. The molecule has 1 unspecified atom stereocenters. The van der Waals surface area contributed by atoms with Gasteiger partial charge in [0, 0.05) is 5.56 Å². The van der Waals surface area contributed by atoms with Gasteiger partial charge in [0.1, 0.15) is 0 Å². The molecule has 1 aromatic rings. The Hall–Kier alpha value is -2.12. The highest BCUT2D eigenvalue weighted by Crippen LogP contribution is 2.23. The highest BCUT2D eigenvalue weighted by molar-refractivity contribution is 6.34. The van der Waals surface area contributed by atoms with Gasteiger partial charge in [0.15, 0.2) is 0 Å².